The number of rotatable bonds is 6. The van der Waals surface area contributed by atoms with Gasteiger partial charge in [0.15, 0.2) is 0 Å². The lowest BCUT2D eigenvalue weighted by Gasteiger charge is -2.19. The minimum atomic E-state index is 0.133. The van der Waals surface area contributed by atoms with Gasteiger partial charge in [-0.15, -0.1) is 0 Å². The predicted octanol–water partition coefficient (Wildman–Crippen LogP) is 2.57. The van der Waals surface area contributed by atoms with E-state index in [1.54, 1.807) is 0 Å². The molecule has 4 heteroatoms. The van der Waals surface area contributed by atoms with E-state index >= 15 is 0 Å². The fourth-order valence-electron chi connectivity index (χ4n) is 2.33. The molecule has 0 aliphatic carbocycles. The van der Waals surface area contributed by atoms with Gasteiger partial charge in [-0.1, -0.05) is 19.4 Å². The summed E-state index contributed by atoms with van der Waals surface area (Å²) >= 11 is 0. The van der Waals surface area contributed by atoms with Crippen molar-refractivity contribution in [1.29, 1.82) is 0 Å². The Balaban J connectivity index is 2.43. The number of anilines is 1. The van der Waals surface area contributed by atoms with Crippen LogP contribution >= 0.6 is 0 Å². The number of nitrogens with zero attached hydrogens (tertiary/aromatic N) is 3. The molecule has 2 rings (SSSR count). The molecule has 0 unspecified atom stereocenters. The molecule has 0 aliphatic heterocycles. The van der Waals surface area contributed by atoms with Crippen LogP contribution in [0.5, 0.6) is 0 Å². The Kier molecular flexibility index (Phi) is 4.43. The highest BCUT2D eigenvalue weighted by atomic mass is 16.3. The van der Waals surface area contributed by atoms with E-state index in [-0.39, 0.29) is 6.61 Å². The Morgan fingerprint density at radius 2 is 2.16 bits per heavy atom. The van der Waals surface area contributed by atoms with Gasteiger partial charge < -0.3 is 14.6 Å². The summed E-state index contributed by atoms with van der Waals surface area (Å²) in [6, 6.07) is 6.28. The van der Waals surface area contributed by atoms with Crippen LogP contribution in [0.3, 0.4) is 0 Å². The molecule has 2 aromatic rings. The van der Waals surface area contributed by atoms with Crippen LogP contribution in [0.25, 0.3) is 11.0 Å². The number of aryl methyl sites for hydroxylation is 1. The van der Waals surface area contributed by atoms with Gasteiger partial charge in [-0.2, -0.15) is 0 Å². The molecule has 1 aromatic carbocycles. The van der Waals surface area contributed by atoms with Gasteiger partial charge in [0.05, 0.1) is 17.6 Å². The number of hydrogen-bond acceptors (Lipinski definition) is 3. The third-order valence-electron chi connectivity index (χ3n) is 3.40. The van der Waals surface area contributed by atoms with Crippen molar-refractivity contribution >= 4 is 17.0 Å². The van der Waals surface area contributed by atoms with Crippen molar-refractivity contribution in [3.63, 3.8) is 0 Å². The maximum atomic E-state index is 9.27. The van der Waals surface area contributed by atoms with E-state index in [2.05, 4.69) is 48.6 Å². The Bertz CT molecular complexity index is 548. The SMILES string of the molecule is CCCCN(C)c1nc2cc(C)ccc2n1CCO. The minimum Gasteiger partial charge on any atom is -0.395 e. The molecular formula is C15H23N3O. The van der Waals surface area contributed by atoms with E-state index in [0.29, 0.717) is 6.54 Å². The molecule has 0 amide bonds. The number of hydrogen-bond donors (Lipinski definition) is 1. The molecule has 0 saturated heterocycles. The van der Waals surface area contributed by atoms with Crippen molar-refractivity contribution < 1.29 is 5.11 Å². The maximum absolute atomic E-state index is 9.27. The standard InChI is InChI=1S/C15H23N3O/c1-4-5-8-17(3)15-16-13-11-12(2)6-7-14(13)18(15)9-10-19/h6-7,11,19H,4-5,8-10H2,1-3H3. The van der Waals surface area contributed by atoms with E-state index < -0.39 is 0 Å². The number of fused-ring (bicyclic) bond motifs is 1. The van der Waals surface area contributed by atoms with Gasteiger partial charge in [-0.25, -0.2) is 4.98 Å². The highest BCUT2D eigenvalue weighted by Gasteiger charge is 2.13. The average Bonchev–Trinajstić information content (AvgIpc) is 2.74. The maximum Gasteiger partial charge on any atom is 0.206 e. The molecular weight excluding hydrogens is 238 g/mol. The number of benzene rings is 1. The van der Waals surface area contributed by atoms with Gasteiger partial charge in [0.25, 0.3) is 0 Å². The summed E-state index contributed by atoms with van der Waals surface area (Å²) in [5.74, 6) is 0.947. The van der Waals surface area contributed by atoms with E-state index in [4.69, 9.17) is 4.98 Å². The number of aliphatic hydroxyl groups excluding tert-OH is 1. The molecule has 1 aromatic heterocycles. The van der Waals surface area contributed by atoms with Gasteiger partial charge in [0.2, 0.25) is 5.95 Å². The molecule has 0 radical (unpaired) electrons. The fourth-order valence-corrected chi connectivity index (χ4v) is 2.33. The number of aromatic nitrogens is 2. The van der Waals surface area contributed by atoms with Gasteiger partial charge in [-0.3, -0.25) is 0 Å². The summed E-state index contributed by atoms with van der Waals surface area (Å²) in [5, 5.41) is 9.27. The lowest BCUT2D eigenvalue weighted by Crippen LogP contribution is -2.23. The third kappa shape index (κ3) is 2.89. The lowest BCUT2D eigenvalue weighted by atomic mass is 10.2. The van der Waals surface area contributed by atoms with Gasteiger partial charge in [0.1, 0.15) is 0 Å². The number of aliphatic hydroxyl groups is 1. The zero-order chi connectivity index (χ0) is 13.8. The summed E-state index contributed by atoms with van der Waals surface area (Å²) in [6.07, 6.45) is 2.32. The summed E-state index contributed by atoms with van der Waals surface area (Å²) in [7, 11) is 2.07. The fraction of sp³-hybridized carbons (Fsp3) is 0.533. The molecule has 0 spiro atoms. The molecule has 104 valence electrons. The number of imidazole rings is 1. The molecule has 4 nitrogen and oxygen atoms in total. The summed E-state index contributed by atoms with van der Waals surface area (Å²) in [6.45, 7) is 5.97. The normalized spacial score (nSPS) is 11.2. The topological polar surface area (TPSA) is 41.3 Å². The first kappa shape index (κ1) is 13.9. The molecule has 19 heavy (non-hydrogen) atoms. The average molecular weight is 261 g/mol. The van der Waals surface area contributed by atoms with Crippen LogP contribution < -0.4 is 4.90 Å². The Morgan fingerprint density at radius 3 is 2.84 bits per heavy atom. The van der Waals surface area contributed by atoms with Crippen molar-refractivity contribution in [3.8, 4) is 0 Å². The second kappa shape index (κ2) is 6.06. The lowest BCUT2D eigenvalue weighted by molar-refractivity contribution is 0.278. The summed E-state index contributed by atoms with van der Waals surface area (Å²) < 4.78 is 2.10. The van der Waals surface area contributed by atoms with Gasteiger partial charge >= 0.3 is 0 Å². The van der Waals surface area contributed by atoms with Crippen molar-refractivity contribution in [1.82, 2.24) is 9.55 Å². The van der Waals surface area contributed by atoms with Gasteiger partial charge in [0, 0.05) is 20.1 Å². The largest absolute Gasteiger partial charge is 0.395 e. The monoisotopic (exact) mass is 261 g/mol. The first-order valence-corrected chi connectivity index (χ1v) is 6.96. The summed E-state index contributed by atoms with van der Waals surface area (Å²) in [4.78, 5) is 6.90. The molecule has 0 atom stereocenters. The number of unbranched alkanes of at least 4 members (excludes halogenated alkanes) is 1. The second-order valence-corrected chi connectivity index (χ2v) is 5.05. The zero-order valence-corrected chi connectivity index (χ0v) is 12.1. The Labute approximate surface area is 114 Å². The van der Waals surface area contributed by atoms with Crippen LogP contribution in [0.1, 0.15) is 25.3 Å². The molecule has 0 saturated carbocycles. The van der Waals surface area contributed by atoms with E-state index in [9.17, 15) is 5.11 Å². The molecule has 1 heterocycles. The van der Waals surface area contributed by atoms with Crippen LogP contribution in [-0.4, -0.2) is 34.9 Å². The minimum absolute atomic E-state index is 0.133. The predicted molar refractivity (Wildman–Crippen MR) is 79.7 cm³/mol. The molecule has 1 N–H and O–H groups in total. The van der Waals surface area contributed by atoms with Crippen LogP contribution in [0, 0.1) is 6.92 Å². The Morgan fingerprint density at radius 1 is 1.37 bits per heavy atom. The third-order valence-corrected chi connectivity index (χ3v) is 3.40. The zero-order valence-electron chi connectivity index (χ0n) is 12.1. The second-order valence-electron chi connectivity index (χ2n) is 5.05. The first-order chi connectivity index (χ1) is 9.17. The first-order valence-electron chi connectivity index (χ1n) is 6.96. The molecule has 0 fully saturated rings. The highest BCUT2D eigenvalue weighted by molar-refractivity contribution is 5.79. The van der Waals surface area contributed by atoms with E-state index in [0.717, 1.165) is 29.9 Å². The van der Waals surface area contributed by atoms with Gasteiger partial charge in [-0.05, 0) is 31.0 Å². The van der Waals surface area contributed by atoms with Crippen LogP contribution in [0.2, 0.25) is 0 Å². The van der Waals surface area contributed by atoms with Crippen molar-refractivity contribution in [2.24, 2.45) is 0 Å². The van der Waals surface area contributed by atoms with Crippen LogP contribution in [0.15, 0.2) is 18.2 Å². The highest BCUT2D eigenvalue weighted by Crippen LogP contribution is 2.23. The van der Waals surface area contributed by atoms with Crippen molar-refractivity contribution in [2.45, 2.75) is 33.2 Å². The summed E-state index contributed by atoms with van der Waals surface area (Å²) in [5.41, 5.74) is 3.31. The van der Waals surface area contributed by atoms with Crippen molar-refractivity contribution in [2.75, 3.05) is 25.1 Å². The quantitative estimate of drug-likeness (QED) is 0.869. The van der Waals surface area contributed by atoms with Crippen molar-refractivity contribution in [3.05, 3.63) is 23.8 Å². The van der Waals surface area contributed by atoms with E-state index in [1.807, 2.05) is 0 Å². The Hall–Kier alpha value is -1.55. The molecule has 0 bridgehead atoms. The van der Waals surface area contributed by atoms with E-state index in [1.165, 1.54) is 12.0 Å². The molecule has 0 aliphatic rings. The smallest absolute Gasteiger partial charge is 0.206 e. The van der Waals surface area contributed by atoms with Crippen LogP contribution in [0.4, 0.5) is 5.95 Å². The van der Waals surface area contributed by atoms with Crippen LogP contribution in [-0.2, 0) is 6.54 Å².